The Hall–Kier alpha value is -3.86. The molecule has 2 heterocycles. The van der Waals surface area contributed by atoms with Crippen molar-refractivity contribution >= 4 is 29.2 Å². The molecule has 5 heteroatoms. The number of nitrogens with zero attached hydrogens (tertiary/aromatic N) is 1. The SMILES string of the molecule is Cc1cccc(N2C(=O)C(=Cc3ccc4c(c3)OCO4)c3ccccc3C2=O)c1. The smallest absolute Gasteiger partial charge is 0.265 e. The molecule has 0 saturated carbocycles. The van der Waals surface area contributed by atoms with E-state index in [4.69, 9.17) is 9.47 Å². The molecule has 3 aromatic rings. The van der Waals surface area contributed by atoms with E-state index >= 15 is 0 Å². The van der Waals surface area contributed by atoms with E-state index in [1.54, 1.807) is 30.3 Å². The molecular weight excluding hydrogens is 366 g/mol. The van der Waals surface area contributed by atoms with Gasteiger partial charge in [0, 0.05) is 11.1 Å². The first-order valence-electron chi connectivity index (χ1n) is 9.28. The van der Waals surface area contributed by atoms with Crippen LogP contribution in [0.5, 0.6) is 11.5 Å². The molecule has 5 nitrogen and oxygen atoms in total. The lowest BCUT2D eigenvalue weighted by Crippen LogP contribution is -2.41. The third-order valence-electron chi connectivity index (χ3n) is 5.05. The highest BCUT2D eigenvalue weighted by atomic mass is 16.7. The third kappa shape index (κ3) is 2.88. The highest BCUT2D eigenvalue weighted by molar-refractivity contribution is 6.43. The maximum Gasteiger partial charge on any atom is 0.265 e. The molecule has 0 aliphatic carbocycles. The summed E-state index contributed by atoms with van der Waals surface area (Å²) in [7, 11) is 0. The Morgan fingerprint density at radius 1 is 0.828 bits per heavy atom. The third-order valence-corrected chi connectivity index (χ3v) is 5.05. The van der Waals surface area contributed by atoms with Crippen LogP contribution in [0.15, 0.2) is 66.7 Å². The lowest BCUT2D eigenvalue weighted by Gasteiger charge is -2.29. The molecule has 2 aliphatic heterocycles. The number of carbonyl (C=O) groups is 2. The van der Waals surface area contributed by atoms with Crippen molar-refractivity contribution in [1.82, 2.24) is 0 Å². The molecule has 0 N–H and O–H groups in total. The molecule has 2 aliphatic rings. The number of anilines is 1. The van der Waals surface area contributed by atoms with Gasteiger partial charge in [0.15, 0.2) is 11.5 Å². The normalized spacial score (nSPS) is 16.3. The number of fused-ring (bicyclic) bond motifs is 2. The van der Waals surface area contributed by atoms with Gasteiger partial charge in [0.1, 0.15) is 0 Å². The average molecular weight is 383 g/mol. The fourth-order valence-electron chi connectivity index (χ4n) is 3.66. The molecule has 0 saturated heterocycles. The van der Waals surface area contributed by atoms with Gasteiger partial charge in [0.2, 0.25) is 6.79 Å². The first-order valence-corrected chi connectivity index (χ1v) is 9.28. The van der Waals surface area contributed by atoms with E-state index in [0.29, 0.717) is 33.9 Å². The zero-order chi connectivity index (χ0) is 20.0. The van der Waals surface area contributed by atoms with Gasteiger partial charge < -0.3 is 9.47 Å². The van der Waals surface area contributed by atoms with E-state index in [1.165, 1.54) is 4.90 Å². The Morgan fingerprint density at radius 3 is 2.45 bits per heavy atom. The number of benzene rings is 3. The van der Waals surface area contributed by atoms with Gasteiger partial charge in [0.25, 0.3) is 11.8 Å². The zero-order valence-electron chi connectivity index (χ0n) is 15.7. The maximum atomic E-state index is 13.4. The summed E-state index contributed by atoms with van der Waals surface area (Å²) >= 11 is 0. The number of hydrogen-bond acceptors (Lipinski definition) is 4. The average Bonchev–Trinajstić information content (AvgIpc) is 3.19. The minimum absolute atomic E-state index is 0.187. The molecule has 0 unspecified atom stereocenters. The summed E-state index contributed by atoms with van der Waals surface area (Å²) in [5.41, 5.74) is 3.92. The van der Waals surface area contributed by atoms with Crippen LogP contribution in [0.4, 0.5) is 5.69 Å². The molecule has 2 amide bonds. The molecule has 0 spiro atoms. The lowest BCUT2D eigenvalue weighted by molar-refractivity contribution is -0.112. The topological polar surface area (TPSA) is 55.8 Å². The molecule has 0 aromatic heterocycles. The standard InChI is InChI=1S/C24H17NO4/c1-15-5-4-6-17(11-15)25-23(26)19-8-3-2-7-18(19)20(24(25)27)12-16-9-10-21-22(13-16)29-14-28-21/h2-13H,14H2,1H3. The summed E-state index contributed by atoms with van der Waals surface area (Å²) in [5, 5.41) is 0. The predicted octanol–water partition coefficient (Wildman–Crippen LogP) is 4.45. The predicted molar refractivity (Wildman–Crippen MR) is 110 cm³/mol. The Balaban J connectivity index is 1.67. The van der Waals surface area contributed by atoms with Crippen molar-refractivity contribution < 1.29 is 19.1 Å². The second-order valence-corrected chi connectivity index (χ2v) is 7.00. The maximum absolute atomic E-state index is 13.4. The highest BCUT2D eigenvalue weighted by Gasteiger charge is 2.35. The van der Waals surface area contributed by atoms with E-state index < -0.39 is 0 Å². The van der Waals surface area contributed by atoms with E-state index in [-0.39, 0.29) is 18.6 Å². The van der Waals surface area contributed by atoms with Crippen molar-refractivity contribution in [3.63, 3.8) is 0 Å². The molecular formula is C24H17NO4. The Labute approximate surface area is 167 Å². The van der Waals surface area contributed by atoms with Gasteiger partial charge >= 0.3 is 0 Å². The molecule has 0 fully saturated rings. The molecule has 0 bridgehead atoms. The van der Waals surface area contributed by atoms with Crippen LogP contribution < -0.4 is 14.4 Å². The summed E-state index contributed by atoms with van der Waals surface area (Å²) < 4.78 is 10.8. The van der Waals surface area contributed by atoms with Crippen molar-refractivity contribution in [2.24, 2.45) is 0 Å². The number of ether oxygens (including phenoxy) is 2. The number of hydrogen-bond donors (Lipinski definition) is 0. The van der Waals surface area contributed by atoms with Crippen LogP contribution in [0.2, 0.25) is 0 Å². The van der Waals surface area contributed by atoms with E-state index in [9.17, 15) is 9.59 Å². The van der Waals surface area contributed by atoms with Crippen LogP contribution in [0.25, 0.3) is 11.6 Å². The Morgan fingerprint density at radius 2 is 1.62 bits per heavy atom. The van der Waals surface area contributed by atoms with Crippen LogP contribution in [0.1, 0.15) is 27.0 Å². The number of rotatable bonds is 2. The Bertz CT molecular complexity index is 1190. The molecule has 0 atom stereocenters. The summed E-state index contributed by atoms with van der Waals surface area (Å²) in [6.07, 6.45) is 1.79. The second-order valence-electron chi connectivity index (χ2n) is 7.00. The van der Waals surface area contributed by atoms with Gasteiger partial charge in [-0.15, -0.1) is 0 Å². The minimum atomic E-state index is -0.350. The quantitative estimate of drug-likeness (QED) is 0.485. The van der Waals surface area contributed by atoms with Gasteiger partial charge in [-0.05, 0) is 60.0 Å². The van der Waals surface area contributed by atoms with Crippen LogP contribution in [0.3, 0.4) is 0 Å². The fourth-order valence-corrected chi connectivity index (χ4v) is 3.66. The summed E-state index contributed by atoms with van der Waals surface area (Å²) in [6.45, 7) is 2.12. The van der Waals surface area contributed by atoms with Gasteiger partial charge in [-0.25, -0.2) is 4.90 Å². The molecule has 0 radical (unpaired) electrons. The molecule has 29 heavy (non-hydrogen) atoms. The zero-order valence-corrected chi connectivity index (χ0v) is 15.7. The molecule has 5 rings (SSSR count). The first-order chi connectivity index (χ1) is 14.1. The summed E-state index contributed by atoms with van der Waals surface area (Å²) in [6, 6.07) is 20.1. The second kappa shape index (κ2) is 6.63. The lowest BCUT2D eigenvalue weighted by atomic mass is 9.91. The van der Waals surface area contributed by atoms with Crippen molar-refractivity contribution in [2.75, 3.05) is 11.7 Å². The first kappa shape index (κ1) is 17.3. The van der Waals surface area contributed by atoms with Crippen molar-refractivity contribution in [1.29, 1.82) is 0 Å². The van der Waals surface area contributed by atoms with Crippen molar-refractivity contribution in [3.05, 3.63) is 89.0 Å². The number of imide groups is 1. The summed E-state index contributed by atoms with van der Waals surface area (Å²) in [4.78, 5) is 27.8. The highest BCUT2D eigenvalue weighted by Crippen LogP contribution is 2.36. The van der Waals surface area contributed by atoms with Crippen LogP contribution in [-0.4, -0.2) is 18.6 Å². The van der Waals surface area contributed by atoms with Gasteiger partial charge in [-0.3, -0.25) is 9.59 Å². The van der Waals surface area contributed by atoms with E-state index in [0.717, 1.165) is 11.1 Å². The van der Waals surface area contributed by atoms with Crippen LogP contribution >= 0.6 is 0 Å². The largest absolute Gasteiger partial charge is 0.454 e. The van der Waals surface area contributed by atoms with Gasteiger partial charge in [-0.2, -0.15) is 0 Å². The fraction of sp³-hybridized carbons (Fsp3) is 0.0833. The Kier molecular flexibility index (Phi) is 3.95. The van der Waals surface area contributed by atoms with Crippen LogP contribution in [0, 0.1) is 6.92 Å². The minimum Gasteiger partial charge on any atom is -0.454 e. The van der Waals surface area contributed by atoms with Gasteiger partial charge in [0.05, 0.1) is 5.69 Å². The van der Waals surface area contributed by atoms with Gasteiger partial charge in [-0.1, -0.05) is 36.4 Å². The van der Waals surface area contributed by atoms with Crippen LogP contribution in [-0.2, 0) is 4.79 Å². The van der Waals surface area contributed by atoms with Crippen molar-refractivity contribution in [2.45, 2.75) is 6.92 Å². The number of carbonyl (C=O) groups excluding carboxylic acids is 2. The van der Waals surface area contributed by atoms with E-state index in [1.807, 2.05) is 49.4 Å². The van der Waals surface area contributed by atoms with Crippen molar-refractivity contribution in [3.8, 4) is 11.5 Å². The van der Waals surface area contributed by atoms with E-state index in [2.05, 4.69) is 0 Å². The monoisotopic (exact) mass is 383 g/mol. The molecule has 142 valence electrons. The number of amides is 2. The molecule has 3 aromatic carbocycles. The number of aryl methyl sites for hydroxylation is 1. The summed E-state index contributed by atoms with van der Waals surface area (Å²) in [5.74, 6) is 0.651.